The molecule has 32 heavy (non-hydrogen) atoms. The zero-order chi connectivity index (χ0) is 21.9. The standard InChI is InChI=1S/C24H33N7O/c1-16-26-13-20(14-27-16)28-24(32)23-21-10-18(5-6-22(21)29-30-23)19-9-17(11-25-12-19)15-31-7-3-2-4-8-31/h9,11-14,18,21-23,29-30H,2-8,10,15H2,1H3,(H,28,32). The van der Waals surface area contributed by atoms with Crippen LogP contribution in [0.3, 0.4) is 0 Å². The van der Waals surface area contributed by atoms with Gasteiger partial charge < -0.3 is 5.32 Å². The van der Waals surface area contributed by atoms with E-state index in [1.807, 2.05) is 19.3 Å². The minimum absolute atomic E-state index is 0.0323. The van der Waals surface area contributed by atoms with Crippen molar-refractivity contribution in [1.29, 1.82) is 0 Å². The summed E-state index contributed by atoms with van der Waals surface area (Å²) in [7, 11) is 0. The van der Waals surface area contributed by atoms with Gasteiger partial charge in [-0.25, -0.2) is 15.4 Å². The van der Waals surface area contributed by atoms with Gasteiger partial charge >= 0.3 is 0 Å². The molecule has 3 aliphatic rings. The molecule has 2 aromatic rings. The van der Waals surface area contributed by atoms with Crippen LogP contribution in [0.2, 0.25) is 0 Å². The number of anilines is 1. The third-order valence-electron chi connectivity index (χ3n) is 7.23. The molecule has 4 unspecified atom stereocenters. The third kappa shape index (κ3) is 4.82. The number of amides is 1. The molecule has 4 heterocycles. The average molecular weight is 436 g/mol. The minimum Gasteiger partial charge on any atom is -0.322 e. The van der Waals surface area contributed by atoms with Crippen molar-refractivity contribution in [2.24, 2.45) is 5.92 Å². The van der Waals surface area contributed by atoms with Crippen molar-refractivity contribution in [3.63, 3.8) is 0 Å². The first-order valence-electron chi connectivity index (χ1n) is 11.9. The highest BCUT2D eigenvalue weighted by molar-refractivity contribution is 5.95. The summed E-state index contributed by atoms with van der Waals surface area (Å²) in [6.45, 7) is 5.21. The molecule has 1 saturated carbocycles. The van der Waals surface area contributed by atoms with Crippen LogP contribution in [-0.2, 0) is 11.3 Å². The first kappa shape index (κ1) is 21.4. The number of fused-ring (bicyclic) bond motifs is 1. The van der Waals surface area contributed by atoms with Gasteiger partial charge in [-0.3, -0.25) is 20.1 Å². The number of hydrogen-bond acceptors (Lipinski definition) is 7. The Morgan fingerprint density at radius 1 is 1.09 bits per heavy atom. The number of hydrogen-bond donors (Lipinski definition) is 3. The number of piperidine rings is 1. The Labute approximate surface area is 189 Å². The van der Waals surface area contributed by atoms with Gasteiger partial charge in [0.1, 0.15) is 11.9 Å². The first-order chi connectivity index (χ1) is 15.7. The largest absolute Gasteiger partial charge is 0.322 e. The monoisotopic (exact) mass is 435 g/mol. The van der Waals surface area contributed by atoms with Crippen LogP contribution in [0, 0.1) is 12.8 Å². The molecule has 170 valence electrons. The Morgan fingerprint density at radius 3 is 2.72 bits per heavy atom. The summed E-state index contributed by atoms with van der Waals surface area (Å²) in [4.78, 5) is 28.4. The quantitative estimate of drug-likeness (QED) is 0.664. The summed E-state index contributed by atoms with van der Waals surface area (Å²) in [5.74, 6) is 1.33. The third-order valence-corrected chi connectivity index (χ3v) is 7.23. The molecule has 3 fully saturated rings. The topological polar surface area (TPSA) is 95.1 Å². The van der Waals surface area contributed by atoms with Gasteiger partial charge in [-0.2, -0.15) is 0 Å². The molecule has 0 bridgehead atoms. The molecule has 0 spiro atoms. The highest BCUT2D eigenvalue weighted by Crippen LogP contribution is 2.39. The van der Waals surface area contributed by atoms with E-state index in [0.717, 1.165) is 25.8 Å². The molecule has 0 radical (unpaired) electrons. The molecule has 3 N–H and O–H groups in total. The number of aromatic nitrogens is 3. The van der Waals surface area contributed by atoms with Gasteiger partial charge in [-0.05, 0) is 69.2 Å². The van der Waals surface area contributed by atoms with E-state index < -0.39 is 0 Å². The van der Waals surface area contributed by atoms with Gasteiger partial charge in [0.25, 0.3) is 0 Å². The molecule has 0 aromatic carbocycles. The van der Waals surface area contributed by atoms with Crippen molar-refractivity contribution in [2.75, 3.05) is 18.4 Å². The summed E-state index contributed by atoms with van der Waals surface area (Å²) < 4.78 is 0. The molecule has 2 saturated heterocycles. The van der Waals surface area contributed by atoms with Crippen LogP contribution in [0.5, 0.6) is 0 Å². The number of likely N-dealkylation sites (tertiary alicyclic amines) is 1. The van der Waals surface area contributed by atoms with Gasteiger partial charge in [-0.15, -0.1) is 0 Å². The predicted octanol–water partition coefficient (Wildman–Crippen LogP) is 2.53. The highest BCUT2D eigenvalue weighted by Gasteiger charge is 2.44. The number of nitrogens with one attached hydrogen (secondary N) is 3. The minimum atomic E-state index is -0.270. The average Bonchev–Trinajstić information content (AvgIpc) is 3.25. The lowest BCUT2D eigenvalue weighted by atomic mass is 9.73. The fraction of sp³-hybridized carbons (Fsp3) is 0.583. The van der Waals surface area contributed by atoms with E-state index in [0.29, 0.717) is 23.5 Å². The SMILES string of the molecule is Cc1ncc(NC(=O)C2NNC3CCC(c4cncc(CN5CCCCC5)c4)CC32)cn1. The van der Waals surface area contributed by atoms with Gasteiger partial charge in [0, 0.05) is 30.9 Å². The molecule has 8 heteroatoms. The maximum absolute atomic E-state index is 13.0. The molecule has 2 aliphatic heterocycles. The van der Waals surface area contributed by atoms with Gasteiger partial charge in [0.05, 0.1) is 18.1 Å². The number of aryl methyl sites for hydroxylation is 1. The lowest BCUT2D eigenvalue weighted by Gasteiger charge is -2.33. The number of carbonyl (C=O) groups excluding carboxylic acids is 1. The lowest BCUT2D eigenvalue weighted by Crippen LogP contribution is -2.42. The van der Waals surface area contributed by atoms with Crippen molar-refractivity contribution < 1.29 is 4.79 Å². The number of hydrazine groups is 1. The fourth-order valence-electron chi connectivity index (χ4n) is 5.49. The highest BCUT2D eigenvalue weighted by atomic mass is 16.2. The van der Waals surface area contributed by atoms with E-state index in [-0.39, 0.29) is 17.9 Å². The maximum atomic E-state index is 13.0. The summed E-state index contributed by atoms with van der Waals surface area (Å²) in [5.41, 5.74) is 9.86. The van der Waals surface area contributed by atoms with Crippen LogP contribution in [0.4, 0.5) is 5.69 Å². The van der Waals surface area contributed by atoms with Gasteiger partial charge in [0.15, 0.2) is 0 Å². The molecular weight excluding hydrogens is 402 g/mol. The van der Waals surface area contributed by atoms with E-state index in [1.54, 1.807) is 12.4 Å². The summed E-state index contributed by atoms with van der Waals surface area (Å²) >= 11 is 0. The number of rotatable bonds is 5. The normalized spacial score (nSPS) is 28.3. The molecule has 1 aliphatic carbocycles. The molecule has 4 atom stereocenters. The van der Waals surface area contributed by atoms with Gasteiger partial charge in [0.2, 0.25) is 5.91 Å². The zero-order valence-electron chi connectivity index (χ0n) is 18.8. The Hall–Kier alpha value is -2.42. The second-order valence-electron chi connectivity index (χ2n) is 9.52. The number of pyridine rings is 1. The van der Waals surface area contributed by atoms with Crippen LogP contribution in [-0.4, -0.2) is 50.9 Å². The van der Waals surface area contributed by atoms with Gasteiger partial charge in [-0.1, -0.05) is 12.5 Å². The molecule has 2 aromatic heterocycles. The zero-order valence-corrected chi connectivity index (χ0v) is 18.8. The van der Waals surface area contributed by atoms with Crippen molar-refractivity contribution in [3.8, 4) is 0 Å². The smallest absolute Gasteiger partial charge is 0.243 e. The Balaban J connectivity index is 1.24. The summed E-state index contributed by atoms with van der Waals surface area (Å²) in [5, 5.41) is 2.97. The Morgan fingerprint density at radius 2 is 1.91 bits per heavy atom. The first-order valence-corrected chi connectivity index (χ1v) is 11.9. The fourth-order valence-corrected chi connectivity index (χ4v) is 5.49. The molecule has 8 nitrogen and oxygen atoms in total. The van der Waals surface area contributed by atoms with E-state index >= 15 is 0 Å². The van der Waals surface area contributed by atoms with E-state index in [1.165, 1.54) is 43.5 Å². The number of nitrogens with zero attached hydrogens (tertiary/aromatic N) is 4. The summed E-state index contributed by atoms with van der Waals surface area (Å²) in [6, 6.07) is 2.40. The van der Waals surface area contributed by atoms with Crippen LogP contribution in [0.15, 0.2) is 30.9 Å². The number of carbonyl (C=O) groups is 1. The van der Waals surface area contributed by atoms with E-state index in [4.69, 9.17) is 0 Å². The Kier molecular flexibility index (Phi) is 6.43. The van der Waals surface area contributed by atoms with Crippen LogP contribution in [0.25, 0.3) is 0 Å². The van der Waals surface area contributed by atoms with Crippen LogP contribution >= 0.6 is 0 Å². The maximum Gasteiger partial charge on any atom is 0.243 e. The van der Waals surface area contributed by atoms with Crippen LogP contribution in [0.1, 0.15) is 61.4 Å². The molecule has 5 rings (SSSR count). The van der Waals surface area contributed by atoms with Crippen molar-refractivity contribution >= 4 is 11.6 Å². The predicted molar refractivity (Wildman–Crippen MR) is 123 cm³/mol. The Bertz CT molecular complexity index is 928. The molecular formula is C24H33N7O. The van der Waals surface area contributed by atoms with Crippen LogP contribution < -0.4 is 16.2 Å². The second kappa shape index (κ2) is 9.60. The van der Waals surface area contributed by atoms with Crippen molar-refractivity contribution in [1.82, 2.24) is 30.7 Å². The lowest BCUT2D eigenvalue weighted by molar-refractivity contribution is -0.119. The van der Waals surface area contributed by atoms with E-state index in [9.17, 15) is 4.79 Å². The second-order valence-corrected chi connectivity index (χ2v) is 9.52. The van der Waals surface area contributed by atoms with Crippen molar-refractivity contribution in [3.05, 3.63) is 47.8 Å². The summed E-state index contributed by atoms with van der Waals surface area (Å²) in [6.07, 6.45) is 14.5. The van der Waals surface area contributed by atoms with E-state index in [2.05, 4.69) is 42.1 Å². The van der Waals surface area contributed by atoms with Crippen molar-refractivity contribution in [2.45, 2.75) is 70.0 Å². The molecule has 1 amide bonds.